The van der Waals surface area contributed by atoms with Gasteiger partial charge in [0.05, 0.1) is 22.3 Å². The van der Waals surface area contributed by atoms with Gasteiger partial charge in [-0.3, -0.25) is 18.6 Å². The normalized spacial score (nSPS) is 11.4. The highest BCUT2D eigenvalue weighted by Crippen LogP contribution is 2.26. The number of hydrogen-bond donors (Lipinski definition) is 0. The van der Waals surface area contributed by atoms with Crippen LogP contribution in [0.4, 0.5) is 0 Å². The Morgan fingerprint density at radius 2 is 1.67 bits per heavy atom. The van der Waals surface area contributed by atoms with E-state index in [0.29, 0.717) is 33.2 Å². The molecule has 0 atom stereocenters. The predicted octanol–water partition coefficient (Wildman–Crippen LogP) is 4.61. The van der Waals surface area contributed by atoms with Crippen LogP contribution in [0.5, 0.6) is 0 Å². The molecule has 164 valence electrons. The van der Waals surface area contributed by atoms with Gasteiger partial charge in [-0.15, -0.1) is 0 Å². The second-order valence-corrected chi connectivity index (χ2v) is 9.09. The largest absolute Gasteiger partial charge is 0.269 e. The van der Waals surface area contributed by atoms with E-state index in [0.717, 1.165) is 22.4 Å². The van der Waals surface area contributed by atoms with Crippen LogP contribution in [0, 0.1) is 20.8 Å². The van der Waals surface area contributed by atoms with Crippen molar-refractivity contribution in [1.29, 1.82) is 0 Å². The Balaban J connectivity index is 1.63. The van der Waals surface area contributed by atoms with E-state index in [2.05, 4.69) is 11.1 Å². The molecule has 5 rings (SSSR count). The minimum atomic E-state index is -0.131. The highest BCUT2D eigenvalue weighted by atomic mass is 32.2. The van der Waals surface area contributed by atoms with Crippen LogP contribution in [-0.4, -0.2) is 18.9 Å². The van der Waals surface area contributed by atoms with Crippen molar-refractivity contribution in [3.05, 3.63) is 110 Å². The van der Waals surface area contributed by atoms with Crippen molar-refractivity contribution in [3.63, 3.8) is 0 Å². The fraction of sp³-hybridized carbons (Fsp3) is 0.154. The molecule has 7 heteroatoms. The lowest BCUT2D eigenvalue weighted by Gasteiger charge is -2.15. The van der Waals surface area contributed by atoms with E-state index < -0.39 is 0 Å². The molecule has 3 aromatic heterocycles. The maximum atomic E-state index is 13.5. The fourth-order valence-electron chi connectivity index (χ4n) is 3.94. The molecule has 0 amide bonds. The van der Waals surface area contributed by atoms with Gasteiger partial charge in [-0.05, 0) is 62.2 Å². The van der Waals surface area contributed by atoms with Gasteiger partial charge in [0.15, 0.2) is 5.16 Å². The van der Waals surface area contributed by atoms with E-state index in [1.165, 1.54) is 22.2 Å². The lowest BCUT2D eigenvalue weighted by atomic mass is 10.1. The van der Waals surface area contributed by atoms with Crippen LogP contribution in [0.1, 0.15) is 22.4 Å². The number of para-hydroxylation sites is 1. The quantitative estimate of drug-likeness (QED) is 0.293. The summed E-state index contributed by atoms with van der Waals surface area (Å²) in [7, 11) is 0. The van der Waals surface area contributed by atoms with Gasteiger partial charge < -0.3 is 0 Å². The zero-order valence-corrected chi connectivity index (χ0v) is 19.4. The topological polar surface area (TPSA) is 69.3 Å². The van der Waals surface area contributed by atoms with Gasteiger partial charge in [-0.25, -0.2) is 9.97 Å². The van der Waals surface area contributed by atoms with Crippen LogP contribution < -0.4 is 11.1 Å². The van der Waals surface area contributed by atoms with Gasteiger partial charge >= 0.3 is 0 Å². The molecule has 6 nitrogen and oxygen atoms in total. The summed E-state index contributed by atoms with van der Waals surface area (Å²) in [5.74, 6) is 0.412. The predicted molar refractivity (Wildman–Crippen MR) is 133 cm³/mol. The standard InChI is InChI=1S/C26H22N4O2S/c1-16-8-9-22(18(3)12-16)30-25(32)20-6-4-5-7-21(20)28-26(30)33-15-19-14-24(31)29-11-10-17(2)13-23(29)27-19/h4-14H,15H2,1-3H3. The molecule has 0 fully saturated rings. The molecule has 0 aliphatic carbocycles. The number of pyridine rings is 1. The van der Waals surface area contributed by atoms with Crippen LogP contribution in [0.15, 0.2) is 81.6 Å². The van der Waals surface area contributed by atoms with Crippen LogP contribution in [0.3, 0.4) is 0 Å². The Kier molecular flexibility index (Phi) is 5.34. The number of benzene rings is 2. The van der Waals surface area contributed by atoms with Gasteiger partial charge in [-0.1, -0.05) is 41.6 Å². The molecule has 0 unspecified atom stereocenters. The molecule has 5 aromatic rings. The zero-order valence-electron chi connectivity index (χ0n) is 18.6. The van der Waals surface area contributed by atoms with Crippen LogP contribution >= 0.6 is 11.8 Å². The lowest BCUT2D eigenvalue weighted by Crippen LogP contribution is -2.22. The van der Waals surface area contributed by atoms with E-state index in [1.807, 2.05) is 63.2 Å². The monoisotopic (exact) mass is 454 g/mol. The number of nitrogens with zero attached hydrogens (tertiary/aromatic N) is 4. The molecule has 0 aliphatic heterocycles. The molecule has 0 aliphatic rings. The Labute approximate surface area is 194 Å². The van der Waals surface area contributed by atoms with E-state index in [-0.39, 0.29) is 11.1 Å². The summed E-state index contributed by atoms with van der Waals surface area (Å²) in [6.07, 6.45) is 1.74. The van der Waals surface area contributed by atoms with Crippen molar-refractivity contribution in [3.8, 4) is 5.69 Å². The minimum absolute atomic E-state index is 0.114. The van der Waals surface area contributed by atoms with E-state index in [9.17, 15) is 9.59 Å². The van der Waals surface area contributed by atoms with Crippen LogP contribution in [-0.2, 0) is 5.75 Å². The zero-order chi connectivity index (χ0) is 23.1. The Morgan fingerprint density at radius 3 is 2.48 bits per heavy atom. The average molecular weight is 455 g/mol. The maximum absolute atomic E-state index is 13.5. The molecule has 0 radical (unpaired) electrons. The van der Waals surface area contributed by atoms with E-state index in [4.69, 9.17) is 4.98 Å². The third kappa shape index (κ3) is 3.96. The Bertz CT molecular complexity index is 1650. The Morgan fingerprint density at radius 1 is 0.879 bits per heavy atom. The minimum Gasteiger partial charge on any atom is -0.269 e. The van der Waals surface area contributed by atoms with Crippen LogP contribution in [0.2, 0.25) is 0 Å². The van der Waals surface area contributed by atoms with Crippen LogP contribution in [0.25, 0.3) is 22.2 Å². The summed E-state index contributed by atoms with van der Waals surface area (Å²) in [4.78, 5) is 35.5. The smallest absolute Gasteiger partial charge is 0.266 e. The summed E-state index contributed by atoms with van der Waals surface area (Å²) in [5.41, 5.74) is 5.61. The molecule has 3 heterocycles. The van der Waals surface area contributed by atoms with E-state index in [1.54, 1.807) is 16.8 Å². The molecule has 0 saturated carbocycles. The first-order valence-corrected chi connectivity index (χ1v) is 11.6. The Hall–Kier alpha value is -3.71. The summed E-state index contributed by atoms with van der Waals surface area (Å²) in [6.45, 7) is 5.99. The fourth-order valence-corrected chi connectivity index (χ4v) is 4.84. The van der Waals surface area contributed by atoms with E-state index >= 15 is 0 Å². The van der Waals surface area contributed by atoms with Gasteiger partial charge in [0.2, 0.25) is 0 Å². The van der Waals surface area contributed by atoms with Crippen molar-refractivity contribution in [2.45, 2.75) is 31.7 Å². The van der Waals surface area contributed by atoms with Gasteiger partial charge in [0, 0.05) is 18.0 Å². The van der Waals surface area contributed by atoms with Crippen molar-refractivity contribution in [1.82, 2.24) is 18.9 Å². The molecule has 0 saturated heterocycles. The van der Waals surface area contributed by atoms with Gasteiger partial charge in [0.25, 0.3) is 11.1 Å². The molecule has 0 spiro atoms. The van der Waals surface area contributed by atoms with Crippen molar-refractivity contribution in [2.24, 2.45) is 0 Å². The number of hydrogen-bond acceptors (Lipinski definition) is 5. The van der Waals surface area contributed by atoms with Gasteiger partial charge in [0.1, 0.15) is 5.65 Å². The number of aromatic nitrogens is 4. The third-order valence-corrected chi connectivity index (χ3v) is 6.54. The second kappa shape index (κ2) is 8.33. The maximum Gasteiger partial charge on any atom is 0.266 e. The average Bonchev–Trinajstić information content (AvgIpc) is 2.78. The summed E-state index contributed by atoms with van der Waals surface area (Å²) in [5, 5.41) is 1.14. The van der Waals surface area contributed by atoms with Crippen molar-refractivity contribution >= 4 is 28.3 Å². The second-order valence-electron chi connectivity index (χ2n) is 8.15. The molecule has 0 bridgehead atoms. The molecular formula is C26H22N4O2S. The van der Waals surface area contributed by atoms with Crippen molar-refractivity contribution in [2.75, 3.05) is 0 Å². The number of rotatable bonds is 4. The third-order valence-electron chi connectivity index (χ3n) is 5.56. The summed E-state index contributed by atoms with van der Waals surface area (Å²) >= 11 is 1.40. The molecule has 33 heavy (non-hydrogen) atoms. The summed E-state index contributed by atoms with van der Waals surface area (Å²) < 4.78 is 3.20. The molecule has 2 aromatic carbocycles. The molecule has 0 N–H and O–H groups in total. The number of fused-ring (bicyclic) bond motifs is 2. The SMILES string of the molecule is Cc1ccc(-n2c(SCc3cc(=O)n4ccc(C)cc4n3)nc3ccccc3c2=O)c(C)c1. The number of thioether (sulfide) groups is 1. The first-order valence-electron chi connectivity index (χ1n) is 10.6. The first-order chi connectivity index (χ1) is 15.9. The highest BCUT2D eigenvalue weighted by Gasteiger charge is 2.16. The van der Waals surface area contributed by atoms with Gasteiger partial charge in [-0.2, -0.15) is 0 Å². The first kappa shape index (κ1) is 21.2. The molecular weight excluding hydrogens is 432 g/mol. The number of aryl methyl sites for hydroxylation is 3. The summed E-state index contributed by atoms with van der Waals surface area (Å²) in [6, 6.07) is 18.7. The van der Waals surface area contributed by atoms with Crippen molar-refractivity contribution < 1.29 is 0 Å². The highest BCUT2D eigenvalue weighted by molar-refractivity contribution is 7.98. The lowest BCUT2D eigenvalue weighted by molar-refractivity contribution is 0.813.